The van der Waals surface area contributed by atoms with E-state index in [1.165, 1.54) is 11.2 Å². The zero-order valence-corrected chi connectivity index (χ0v) is 36.8. The second kappa shape index (κ2) is 19.0. The second-order valence-electron chi connectivity index (χ2n) is 16.4. The van der Waals surface area contributed by atoms with Gasteiger partial charge in [0.05, 0.1) is 33.3 Å². The quantitative estimate of drug-likeness (QED) is 0.0824. The van der Waals surface area contributed by atoms with E-state index in [2.05, 4.69) is 44.5 Å². The van der Waals surface area contributed by atoms with Crippen molar-refractivity contribution in [3.05, 3.63) is 172 Å². The molecule has 1 aliphatic carbocycles. The maximum absolute atomic E-state index is 13.2. The lowest BCUT2D eigenvalue weighted by Gasteiger charge is -2.37. The van der Waals surface area contributed by atoms with Gasteiger partial charge in [-0.3, -0.25) is 24.5 Å². The van der Waals surface area contributed by atoms with Crippen molar-refractivity contribution in [2.75, 3.05) is 46.3 Å². The molecule has 1 saturated heterocycles. The highest BCUT2D eigenvalue weighted by molar-refractivity contribution is 5.89. The first-order valence-corrected chi connectivity index (χ1v) is 21.8. The number of aliphatic hydroxyl groups excluding tert-OH is 1. The van der Waals surface area contributed by atoms with Gasteiger partial charge in [0, 0.05) is 32.4 Å². The van der Waals surface area contributed by atoms with Crippen molar-refractivity contribution in [1.82, 2.24) is 24.4 Å². The van der Waals surface area contributed by atoms with E-state index in [-0.39, 0.29) is 55.6 Å². The van der Waals surface area contributed by atoms with Crippen LogP contribution in [0.4, 0.5) is 10.7 Å². The lowest BCUT2D eigenvalue weighted by Crippen LogP contribution is -2.38. The highest BCUT2D eigenvalue weighted by Gasteiger charge is 2.42. The summed E-state index contributed by atoms with van der Waals surface area (Å²) in [6, 6.07) is 41.4. The number of fused-ring (bicyclic) bond motifs is 4. The lowest BCUT2D eigenvalue weighted by molar-refractivity contribution is -0.116. The van der Waals surface area contributed by atoms with Gasteiger partial charge in [0.2, 0.25) is 11.9 Å². The molecule has 3 atom stereocenters. The van der Waals surface area contributed by atoms with E-state index in [4.69, 9.17) is 23.7 Å². The van der Waals surface area contributed by atoms with Crippen LogP contribution < -0.4 is 20.3 Å². The number of ether oxygens (including phenoxy) is 5. The Morgan fingerprint density at radius 2 is 1.42 bits per heavy atom. The first-order valence-electron chi connectivity index (χ1n) is 21.8. The van der Waals surface area contributed by atoms with Gasteiger partial charge in [-0.15, -0.1) is 0 Å². The monoisotopic (exact) mass is 890 g/mol. The van der Waals surface area contributed by atoms with Crippen molar-refractivity contribution >= 4 is 29.1 Å². The molecular formula is C51H50N6O9. The molecule has 9 rings (SSSR count). The fraction of sp³-hybridized carbons (Fsp3) is 0.275. The molecule has 0 saturated carbocycles. The Hall–Kier alpha value is -7.33. The standard InChI is InChI=1S/C51H50N6O9/c1-56(50(61)64-29-41-39-16-9-7-14-37(39)38-15-8-10-17-40(38)41)27-11-18-44(59)53-49-54-47-46(48(60)55-49)52-31-57(47)45-28-42(58)43(66-45)30-65-51(32-12-5-4-6-13-32,33-19-23-35(62-2)24-20-33)34-21-25-36(63-3)26-22-34/h4-10,12-17,19-26,31,41-43,45,58H,11,18,27-30H2,1-3H3,(H2,53,54,55,59,60)/t42-,43-,45-/m1/s1. The Labute approximate surface area is 380 Å². The van der Waals surface area contributed by atoms with Crippen LogP contribution >= 0.6 is 0 Å². The van der Waals surface area contributed by atoms with Gasteiger partial charge in [-0.1, -0.05) is 103 Å². The van der Waals surface area contributed by atoms with E-state index in [1.54, 1.807) is 25.8 Å². The summed E-state index contributed by atoms with van der Waals surface area (Å²) >= 11 is 0. The molecule has 1 aliphatic heterocycles. The molecule has 2 amide bonds. The first-order chi connectivity index (χ1) is 32.2. The molecule has 2 aromatic heterocycles. The number of benzene rings is 5. The fourth-order valence-electron chi connectivity index (χ4n) is 8.98. The third-order valence-corrected chi connectivity index (χ3v) is 12.4. The van der Waals surface area contributed by atoms with E-state index < -0.39 is 41.6 Å². The van der Waals surface area contributed by atoms with Gasteiger partial charge in [-0.05, 0) is 69.6 Å². The average molecular weight is 891 g/mol. The normalized spacial score (nSPS) is 16.7. The average Bonchev–Trinajstić information content (AvgIpc) is 4.04. The summed E-state index contributed by atoms with van der Waals surface area (Å²) in [4.78, 5) is 52.2. The molecule has 3 N–H and O–H groups in total. The van der Waals surface area contributed by atoms with Crippen LogP contribution in [0.15, 0.2) is 139 Å². The lowest BCUT2D eigenvalue weighted by atomic mass is 9.80. The highest BCUT2D eigenvalue weighted by atomic mass is 16.6. The minimum Gasteiger partial charge on any atom is -0.497 e. The van der Waals surface area contributed by atoms with Crippen LogP contribution in [0.5, 0.6) is 11.5 Å². The van der Waals surface area contributed by atoms with Crippen LogP contribution in [0.25, 0.3) is 22.3 Å². The van der Waals surface area contributed by atoms with E-state index in [1.807, 2.05) is 103 Å². The van der Waals surface area contributed by atoms with Crippen molar-refractivity contribution in [1.29, 1.82) is 0 Å². The SMILES string of the molecule is COc1ccc(C(OC[C@H]2O[C@@H](n3cnc4c(=O)[nH]c(NC(=O)CCCN(C)C(=O)OCC5c6ccccc6-c6ccccc65)nc43)C[C@H]2O)(c2ccccc2)c2ccc(OC)cc2)cc1. The maximum atomic E-state index is 13.2. The molecule has 5 aromatic carbocycles. The maximum Gasteiger partial charge on any atom is 0.409 e. The smallest absolute Gasteiger partial charge is 0.409 e. The Morgan fingerprint density at radius 1 is 0.833 bits per heavy atom. The number of aliphatic hydroxyl groups is 1. The molecule has 338 valence electrons. The Bertz CT molecular complexity index is 2790. The Kier molecular flexibility index (Phi) is 12.7. The number of methoxy groups -OCH3 is 2. The van der Waals surface area contributed by atoms with Gasteiger partial charge in [-0.2, -0.15) is 4.98 Å². The van der Waals surface area contributed by atoms with E-state index >= 15 is 0 Å². The molecule has 66 heavy (non-hydrogen) atoms. The minimum atomic E-state index is -1.14. The Morgan fingerprint density at radius 3 is 2.05 bits per heavy atom. The number of H-pyrrole nitrogens is 1. The Balaban J connectivity index is 0.845. The topological polar surface area (TPSA) is 179 Å². The molecule has 0 bridgehead atoms. The van der Waals surface area contributed by atoms with Gasteiger partial charge in [-0.25, -0.2) is 9.78 Å². The molecule has 0 unspecified atom stereocenters. The van der Waals surface area contributed by atoms with Crippen LogP contribution in [0, 0.1) is 0 Å². The van der Waals surface area contributed by atoms with Crippen molar-refractivity contribution in [3.63, 3.8) is 0 Å². The molecule has 15 heteroatoms. The zero-order valence-electron chi connectivity index (χ0n) is 36.8. The molecule has 2 aliphatic rings. The van der Waals surface area contributed by atoms with Crippen LogP contribution in [0.1, 0.15) is 59.2 Å². The third-order valence-electron chi connectivity index (χ3n) is 12.4. The van der Waals surface area contributed by atoms with Crippen LogP contribution in [-0.2, 0) is 24.6 Å². The predicted octanol–water partition coefficient (Wildman–Crippen LogP) is 7.39. The van der Waals surface area contributed by atoms with E-state index in [0.717, 1.165) is 38.9 Å². The molecule has 0 spiro atoms. The number of rotatable bonds is 16. The van der Waals surface area contributed by atoms with E-state index in [9.17, 15) is 19.5 Å². The summed E-state index contributed by atoms with van der Waals surface area (Å²) < 4.78 is 31.7. The summed E-state index contributed by atoms with van der Waals surface area (Å²) in [7, 11) is 4.85. The number of anilines is 1. The fourth-order valence-corrected chi connectivity index (χ4v) is 8.98. The number of nitrogens with one attached hydrogen (secondary N) is 2. The molecular weight excluding hydrogens is 841 g/mol. The van der Waals surface area contributed by atoms with Crippen molar-refractivity contribution in [2.45, 2.75) is 49.2 Å². The molecule has 3 heterocycles. The van der Waals surface area contributed by atoms with Gasteiger partial charge >= 0.3 is 6.09 Å². The minimum absolute atomic E-state index is 0.0247. The molecule has 7 aromatic rings. The summed E-state index contributed by atoms with van der Waals surface area (Å²) in [6.07, 6.45) is -1.05. The van der Waals surface area contributed by atoms with Crippen LogP contribution in [0.2, 0.25) is 0 Å². The summed E-state index contributed by atoms with van der Waals surface area (Å²) in [6.45, 7) is 0.432. The van der Waals surface area contributed by atoms with Crippen LogP contribution in [0.3, 0.4) is 0 Å². The summed E-state index contributed by atoms with van der Waals surface area (Å²) in [5, 5.41) is 14.1. The number of hydrogen-bond donors (Lipinski definition) is 3. The van der Waals surface area contributed by atoms with Crippen LogP contribution in [-0.4, -0.2) is 94.8 Å². The van der Waals surface area contributed by atoms with E-state index in [0.29, 0.717) is 17.9 Å². The number of aromatic nitrogens is 4. The van der Waals surface area contributed by atoms with Crippen molar-refractivity contribution in [3.8, 4) is 22.6 Å². The zero-order chi connectivity index (χ0) is 45.8. The number of carbonyl (C=O) groups excluding carboxylic acids is 2. The number of imidazole rings is 1. The molecule has 1 fully saturated rings. The summed E-state index contributed by atoms with van der Waals surface area (Å²) in [5.41, 5.74) is 5.54. The second-order valence-corrected chi connectivity index (χ2v) is 16.4. The molecule has 0 radical (unpaired) electrons. The van der Waals surface area contributed by atoms with Gasteiger partial charge < -0.3 is 33.7 Å². The third kappa shape index (κ3) is 8.63. The largest absolute Gasteiger partial charge is 0.497 e. The van der Waals surface area contributed by atoms with Gasteiger partial charge in [0.1, 0.15) is 36.0 Å². The van der Waals surface area contributed by atoms with Crippen molar-refractivity contribution < 1.29 is 38.4 Å². The predicted molar refractivity (Wildman–Crippen MR) is 247 cm³/mol. The number of aromatic amines is 1. The van der Waals surface area contributed by atoms with Gasteiger partial charge in [0.25, 0.3) is 5.56 Å². The number of carbonyl (C=O) groups is 2. The number of hydrogen-bond acceptors (Lipinski definition) is 11. The van der Waals surface area contributed by atoms with Crippen molar-refractivity contribution in [2.24, 2.45) is 0 Å². The summed E-state index contributed by atoms with van der Waals surface area (Å²) in [5.74, 6) is 0.823. The number of amides is 2. The van der Waals surface area contributed by atoms with Gasteiger partial charge in [0.15, 0.2) is 11.2 Å². The number of nitrogens with zero attached hydrogens (tertiary/aromatic N) is 4. The molecule has 15 nitrogen and oxygen atoms in total. The highest BCUT2D eigenvalue weighted by Crippen LogP contribution is 2.45. The first kappa shape index (κ1) is 43.9.